The molecule has 0 unspecified atom stereocenters. The Bertz CT molecular complexity index is 1120. The number of benzene rings is 3. The fraction of sp³-hybridized carbons (Fsp3) is 0.0952. The van der Waals surface area contributed by atoms with Crippen molar-refractivity contribution >= 4 is 21.6 Å². The molecule has 0 fully saturated rings. The van der Waals surface area contributed by atoms with E-state index in [1.54, 1.807) is 18.2 Å². The Labute approximate surface area is 167 Å². The van der Waals surface area contributed by atoms with Crippen LogP contribution in [0.25, 0.3) is 0 Å². The lowest BCUT2D eigenvalue weighted by atomic mass is 10.1. The molecule has 8 heteroatoms. The summed E-state index contributed by atoms with van der Waals surface area (Å²) in [4.78, 5) is 12.1. The smallest absolute Gasteiger partial charge is 0.261 e. The molecule has 2 N–H and O–H groups in total. The molecule has 0 aliphatic rings. The maximum Gasteiger partial charge on any atom is 0.261 e. The number of anilines is 1. The Morgan fingerprint density at radius 3 is 2.10 bits per heavy atom. The first-order valence-corrected chi connectivity index (χ1v) is 10.2. The molecular weight excluding hydrogens is 398 g/mol. The molecule has 0 bridgehead atoms. The largest absolute Gasteiger partial charge is 0.352 e. The Morgan fingerprint density at radius 2 is 1.45 bits per heavy atom. The lowest BCUT2D eigenvalue weighted by Gasteiger charge is -2.10. The number of sulfonamides is 1. The van der Waals surface area contributed by atoms with Gasteiger partial charge in [-0.1, -0.05) is 30.3 Å². The first-order chi connectivity index (χ1) is 13.9. The minimum atomic E-state index is -4.00. The van der Waals surface area contributed by atoms with Gasteiger partial charge in [0.15, 0.2) is 0 Å². The number of carbonyl (C=O) groups is 1. The van der Waals surface area contributed by atoms with Crippen LogP contribution in [0.2, 0.25) is 0 Å². The number of halogens is 2. The zero-order valence-corrected chi connectivity index (χ0v) is 16.0. The summed E-state index contributed by atoms with van der Waals surface area (Å²) >= 11 is 0. The Hall–Kier alpha value is -3.26. The van der Waals surface area contributed by atoms with Gasteiger partial charge in [0, 0.05) is 12.1 Å². The molecule has 5 nitrogen and oxygen atoms in total. The van der Waals surface area contributed by atoms with E-state index in [4.69, 9.17) is 0 Å². The van der Waals surface area contributed by atoms with Crippen molar-refractivity contribution in [3.8, 4) is 0 Å². The maximum absolute atomic E-state index is 13.7. The summed E-state index contributed by atoms with van der Waals surface area (Å²) in [6.07, 6.45) is 0.331. The highest BCUT2D eigenvalue weighted by atomic mass is 32.2. The fourth-order valence-corrected chi connectivity index (χ4v) is 3.71. The predicted molar refractivity (Wildman–Crippen MR) is 106 cm³/mol. The second-order valence-electron chi connectivity index (χ2n) is 6.21. The van der Waals surface area contributed by atoms with Crippen molar-refractivity contribution in [2.24, 2.45) is 0 Å². The summed E-state index contributed by atoms with van der Waals surface area (Å²) in [5.41, 5.74) is 0.583. The third-order valence-electron chi connectivity index (χ3n) is 4.18. The molecule has 0 heterocycles. The van der Waals surface area contributed by atoms with Crippen LogP contribution in [0.3, 0.4) is 0 Å². The zero-order valence-electron chi connectivity index (χ0n) is 15.2. The van der Waals surface area contributed by atoms with Crippen LogP contribution in [0.5, 0.6) is 0 Å². The van der Waals surface area contributed by atoms with E-state index in [0.29, 0.717) is 12.0 Å². The lowest BCUT2D eigenvalue weighted by Crippen LogP contribution is -2.26. The van der Waals surface area contributed by atoms with Gasteiger partial charge in [-0.2, -0.15) is 0 Å². The van der Waals surface area contributed by atoms with Crippen molar-refractivity contribution in [1.82, 2.24) is 5.32 Å². The number of nitrogens with one attached hydrogen (secondary N) is 2. The predicted octanol–water partition coefficient (Wildman–Crippen LogP) is 3.74. The molecule has 3 rings (SSSR count). The lowest BCUT2D eigenvalue weighted by molar-refractivity contribution is 0.0954. The molecule has 0 radical (unpaired) electrons. The first-order valence-electron chi connectivity index (χ1n) is 8.76. The summed E-state index contributed by atoms with van der Waals surface area (Å²) in [6.45, 7) is 0.231. The third kappa shape index (κ3) is 5.17. The van der Waals surface area contributed by atoms with Crippen molar-refractivity contribution in [2.75, 3.05) is 11.3 Å². The molecule has 0 aromatic heterocycles. The SMILES string of the molecule is O=C(NCCc1ccccc1F)c1ccc(S(=O)(=O)Nc2ccccc2F)cc1. The number of hydrogen-bond donors (Lipinski definition) is 2. The summed E-state index contributed by atoms with van der Waals surface area (Å²) in [6, 6.07) is 16.9. The molecule has 0 atom stereocenters. The van der Waals surface area contributed by atoms with E-state index in [2.05, 4.69) is 10.0 Å². The molecule has 3 aromatic rings. The van der Waals surface area contributed by atoms with Crippen molar-refractivity contribution in [1.29, 1.82) is 0 Å². The van der Waals surface area contributed by atoms with E-state index in [1.807, 2.05) is 0 Å². The molecule has 3 aromatic carbocycles. The topological polar surface area (TPSA) is 75.3 Å². The van der Waals surface area contributed by atoms with Crippen LogP contribution in [-0.2, 0) is 16.4 Å². The highest BCUT2D eigenvalue weighted by molar-refractivity contribution is 7.92. The second kappa shape index (κ2) is 8.83. The Balaban J connectivity index is 1.62. The van der Waals surface area contributed by atoms with E-state index < -0.39 is 21.7 Å². The van der Waals surface area contributed by atoms with E-state index in [0.717, 1.165) is 6.07 Å². The van der Waals surface area contributed by atoms with E-state index in [1.165, 1.54) is 48.5 Å². The average molecular weight is 416 g/mol. The average Bonchev–Trinajstić information content (AvgIpc) is 2.71. The van der Waals surface area contributed by atoms with Crippen LogP contribution in [0.1, 0.15) is 15.9 Å². The minimum absolute atomic E-state index is 0.108. The van der Waals surface area contributed by atoms with E-state index in [9.17, 15) is 22.0 Å². The van der Waals surface area contributed by atoms with Gasteiger partial charge in [0.2, 0.25) is 0 Å². The standard InChI is InChI=1S/C21H18F2N2O3S/c22-18-6-2-1-5-15(18)13-14-24-21(26)16-9-11-17(12-10-16)29(27,28)25-20-8-4-3-7-19(20)23/h1-12,25H,13-14H2,(H,24,26). The van der Waals surface area contributed by atoms with Crippen molar-refractivity contribution in [3.63, 3.8) is 0 Å². The van der Waals surface area contributed by atoms with Gasteiger partial charge in [-0.05, 0) is 54.4 Å². The summed E-state index contributed by atoms with van der Waals surface area (Å²) in [7, 11) is -4.00. The molecule has 0 saturated heterocycles. The van der Waals surface area contributed by atoms with Gasteiger partial charge >= 0.3 is 0 Å². The molecule has 0 aliphatic heterocycles. The maximum atomic E-state index is 13.7. The first kappa shape index (κ1) is 20.5. The quantitative estimate of drug-likeness (QED) is 0.616. The number of amides is 1. The zero-order chi connectivity index (χ0) is 20.9. The Morgan fingerprint density at radius 1 is 0.828 bits per heavy atom. The Kier molecular flexibility index (Phi) is 6.23. The van der Waals surface area contributed by atoms with Crippen LogP contribution >= 0.6 is 0 Å². The van der Waals surface area contributed by atoms with Crippen LogP contribution in [0.4, 0.5) is 14.5 Å². The second-order valence-corrected chi connectivity index (χ2v) is 7.89. The highest BCUT2D eigenvalue weighted by Crippen LogP contribution is 2.19. The van der Waals surface area contributed by atoms with Crippen LogP contribution in [0.15, 0.2) is 77.7 Å². The van der Waals surface area contributed by atoms with Crippen molar-refractivity contribution in [3.05, 3.63) is 95.6 Å². The molecular formula is C21H18F2N2O3S. The van der Waals surface area contributed by atoms with Gasteiger partial charge in [-0.25, -0.2) is 17.2 Å². The molecule has 0 spiro atoms. The van der Waals surface area contributed by atoms with Crippen molar-refractivity contribution in [2.45, 2.75) is 11.3 Å². The van der Waals surface area contributed by atoms with Crippen LogP contribution < -0.4 is 10.0 Å². The van der Waals surface area contributed by atoms with Gasteiger partial charge in [0.25, 0.3) is 15.9 Å². The molecule has 1 amide bonds. The van der Waals surface area contributed by atoms with Gasteiger partial charge < -0.3 is 5.32 Å². The van der Waals surface area contributed by atoms with Gasteiger partial charge in [-0.15, -0.1) is 0 Å². The molecule has 0 saturated carbocycles. The van der Waals surface area contributed by atoms with Crippen molar-refractivity contribution < 1.29 is 22.0 Å². The summed E-state index contributed by atoms with van der Waals surface area (Å²) in [5, 5.41) is 2.66. The van der Waals surface area contributed by atoms with Gasteiger partial charge in [0.05, 0.1) is 10.6 Å². The number of rotatable bonds is 7. The highest BCUT2D eigenvalue weighted by Gasteiger charge is 2.17. The van der Waals surface area contributed by atoms with Crippen LogP contribution in [-0.4, -0.2) is 20.9 Å². The fourth-order valence-electron chi connectivity index (χ4n) is 2.65. The minimum Gasteiger partial charge on any atom is -0.352 e. The van der Waals surface area contributed by atoms with Crippen LogP contribution in [0, 0.1) is 11.6 Å². The van der Waals surface area contributed by atoms with E-state index >= 15 is 0 Å². The third-order valence-corrected chi connectivity index (χ3v) is 5.56. The molecule has 0 aliphatic carbocycles. The normalized spacial score (nSPS) is 11.1. The van der Waals surface area contributed by atoms with Gasteiger partial charge in [0.1, 0.15) is 11.6 Å². The van der Waals surface area contributed by atoms with Gasteiger partial charge in [-0.3, -0.25) is 9.52 Å². The number of hydrogen-bond acceptors (Lipinski definition) is 3. The summed E-state index contributed by atoms with van der Waals surface area (Å²) in [5.74, 6) is -1.44. The summed E-state index contributed by atoms with van der Waals surface area (Å²) < 4.78 is 54.2. The monoisotopic (exact) mass is 416 g/mol. The number of carbonyl (C=O) groups excluding carboxylic acids is 1. The molecule has 150 valence electrons. The number of para-hydroxylation sites is 1. The van der Waals surface area contributed by atoms with E-state index in [-0.39, 0.29) is 28.5 Å². The molecule has 29 heavy (non-hydrogen) atoms.